The van der Waals surface area contributed by atoms with Crippen molar-refractivity contribution in [1.82, 2.24) is 15.5 Å². The first-order valence-corrected chi connectivity index (χ1v) is 11.3. The van der Waals surface area contributed by atoms with Crippen molar-refractivity contribution < 1.29 is 14.3 Å². The summed E-state index contributed by atoms with van der Waals surface area (Å²) in [4.78, 5) is 31.8. The van der Waals surface area contributed by atoms with Crippen molar-refractivity contribution in [1.29, 1.82) is 0 Å². The second-order valence-electron chi connectivity index (χ2n) is 8.36. The van der Waals surface area contributed by atoms with Crippen LogP contribution in [0.1, 0.15) is 31.4 Å². The van der Waals surface area contributed by atoms with E-state index >= 15 is 0 Å². The third kappa shape index (κ3) is 5.01. The van der Waals surface area contributed by atoms with E-state index in [1.807, 2.05) is 26.0 Å². The lowest BCUT2D eigenvalue weighted by molar-refractivity contribution is -0.140. The molecule has 1 aromatic carbocycles. The number of hydrogen-bond acceptors (Lipinski definition) is 4. The van der Waals surface area contributed by atoms with Crippen LogP contribution in [-0.2, 0) is 27.5 Å². The van der Waals surface area contributed by atoms with Gasteiger partial charge in [-0.2, -0.15) is 0 Å². The summed E-state index contributed by atoms with van der Waals surface area (Å²) in [7, 11) is 0. The predicted octanol–water partition coefficient (Wildman–Crippen LogP) is 2.70. The molecule has 174 valence electrons. The molecule has 3 aliphatic rings. The molecule has 0 spiro atoms. The van der Waals surface area contributed by atoms with Crippen LogP contribution in [-0.4, -0.2) is 48.9 Å². The van der Waals surface area contributed by atoms with Gasteiger partial charge >= 0.3 is 0 Å². The van der Waals surface area contributed by atoms with Crippen LogP contribution in [0.2, 0.25) is 0 Å². The van der Waals surface area contributed by atoms with Crippen LogP contribution < -0.4 is 10.6 Å². The highest BCUT2D eigenvalue weighted by Crippen LogP contribution is 2.52. The van der Waals surface area contributed by atoms with Gasteiger partial charge in [0.2, 0.25) is 11.8 Å². The van der Waals surface area contributed by atoms with Crippen molar-refractivity contribution in [2.45, 2.75) is 33.4 Å². The van der Waals surface area contributed by atoms with Gasteiger partial charge in [-0.25, -0.2) is 4.99 Å². The van der Waals surface area contributed by atoms with Gasteiger partial charge < -0.3 is 15.4 Å². The maximum Gasteiger partial charge on any atom is 0.233 e. The van der Waals surface area contributed by atoms with Crippen molar-refractivity contribution in [3.05, 3.63) is 47.5 Å². The minimum absolute atomic E-state index is 0. The van der Waals surface area contributed by atoms with Gasteiger partial charge in [-0.3, -0.25) is 14.5 Å². The Hall–Kier alpha value is -1.94. The van der Waals surface area contributed by atoms with Gasteiger partial charge in [0.15, 0.2) is 5.96 Å². The second-order valence-corrected chi connectivity index (χ2v) is 8.36. The molecule has 8 heteroatoms. The van der Waals surface area contributed by atoms with E-state index in [-0.39, 0.29) is 59.5 Å². The first-order chi connectivity index (χ1) is 15.1. The topological polar surface area (TPSA) is 83.0 Å². The number of carbonyl (C=O) groups excluding carboxylic acids is 2. The Balaban J connectivity index is 0.00000289. The number of hydrogen-bond donors (Lipinski definition) is 2. The monoisotopic (exact) mass is 552 g/mol. The number of carbonyl (C=O) groups is 2. The highest BCUT2D eigenvalue weighted by Gasteiger charge is 2.58. The van der Waals surface area contributed by atoms with Gasteiger partial charge in [-0.1, -0.05) is 36.4 Å². The highest BCUT2D eigenvalue weighted by atomic mass is 127. The first kappa shape index (κ1) is 24.7. The maximum absolute atomic E-state index is 12.8. The van der Waals surface area contributed by atoms with Crippen LogP contribution in [0.4, 0.5) is 0 Å². The normalized spacial score (nSPS) is 25.8. The molecule has 7 nitrogen and oxygen atoms in total. The molecule has 1 saturated heterocycles. The molecule has 2 fully saturated rings. The molecule has 2 amide bonds. The number of allylic oxidation sites excluding steroid dienone is 2. The lowest BCUT2D eigenvalue weighted by Crippen LogP contribution is -2.43. The SMILES string of the molecule is CCNC(=NCc1ccccc1COCC)NCCN1C(=O)C2C3C=CC(C3)C2C1=O.I. The van der Waals surface area contributed by atoms with Gasteiger partial charge in [0, 0.05) is 26.2 Å². The van der Waals surface area contributed by atoms with Gasteiger partial charge in [-0.15, -0.1) is 24.0 Å². The number of amides is 2. The molecule has 4 unspecified atom stereocenters. The second kappa shape index (κ2) is 11.3. The van der Waals surface area contributed by atoms with Gasteiger partial charge in [0.1, 0.15) is 0 Å². The van der Waals surface area contributed by atoms with Crippen LogP contribution in [0.3, 0.4) is 0 Å². The summed E-state index contributed by atoms with van der Waals surface area (Å²) in [5.41, 5.74) is 2.25. The average molecular weight is 552 g/mol. The average Bonchev–Trinajstić information content (AvgIpc) is 3.46. The van der Waals surface area contributed by atoms with Crippen LogP contribution >= 0.6 is 24.0 Å². The minimum atomic E-state index is -0.133. The van der Waals surface area contributed by atoms with Crippen molar-refractivity contribution >= 4 is 41.8 Å². The van der Waals surface area contributed by atoms with Gasteiger partial charge in [-0.05, 0) is 43.2 Å². The van der Waals surface area contributed by atoms with E-state index in [0.717, 1.165) is 24.1 Å². The smallest absolute Gasteiger partial charge is 0.233 e. The molecule has 1 saturated carbocycles. The Kier molecular flexibility index (Phi) is 8.70. The molecular weight excluding hydrogens is 519 g/mol. The fourth-order valence-corrected chi connectivity index (χ4v) is 5.04. The number of rotatable bonds is 9. The summed E-state index contributed by atoms with van der Waals surface area (Å²) in [6.45, 7) is 7.35. The van der Waals surface area contributed by atoms with Crippen molar-refractivity contribution in [3.8, 4) is 0 Å². The number of benzene rings is 1. The molecule has 1 heterocycles. The van der Waals surface area contributed by atoms with E-state index in [9.17, 15) is 9.59 Å². The number of fused-ring (bicyclic) bond motifs is 5. The van der Waals surface area contributed by atoms with Gasteiger partial charge in [0.25, 0.3) is 0 Å². The Bertz CT molecular complexity index is 858. The van der Waals surface area contributed by atoms with Crippen molar-refractivity contribution in [3.63, 3.8) is 0 Å². The zero-order chi connectivity index (χ0) is 21.8. The summed E-state index contributed by atoms with van der Waals surface area (Å²) in [6, 6.07) is 8.13. The van der Waals surface area contributed by atoms with E-state index in [1.54, 1.807) is 0 Å². The fraction of sp³-hybridized carbons (Fsp3) is 0.542. The molecule has 2 aliphatic carbocycles. The first-order valence-electron chi connectivity index (χ1n) is 11.3. The van der Waals surface area contributed by atoms with Crippen molar-refractivity contribution in [2.24, 2.45) is 28.7 Å². The number of halogens is 1. The summed E-state index contributed by atoms with van der Waals surface area (Å²) in [5.74, 6) is 0.910. The third-order valence-electron chi connectivity index (χ3n) is 6.52. The standard InChI is InChI=1S/C24H32N4O3.HI/c1-3-25-24(27-14-18-7-5-6-8-19(18)15-31-4-2)26-11-12-28-22(29)20-16-9-10-17(13-16)21(20)23(28)30;/h5-10,16-17,20-21H,3-4,11-15H2,1-2H3,(H2,25,26,27);1H. The lowest BCUT2D eigenvalue weighted by Gasteiger charge is -2.18. The summed E-state index contributed by atoms with van der Waals surface area (Å²) in [5, 5.41) is 6.51. The maximum atomic E-state index is 12.8. The number of imide groups is 1. The van der Waals surface area contributed by atoms with Crippen LogP contribution in [0.25, 0.3) is 0 Å². The highest BCUT2D eigenvalue weighted by molar-refractivity contribution is 14.0. The number of nitrogens with one attached hydrogen (secondary N) is 2. The van der Waals surface area contributed by atoms with Crippen LogP contribution in [0, 0.1) is 23.7 Å². The predicted molar refractivity (Wildman–Crippen MR) is 134 cm³/mol. The Morgan fingerprint density at radius 2 is 1.72 bits per heavy atom. The number of aliphatic imine (C=N–C) groups is 1. The zero-order valence-corrected chi connectivity index (χ0v) is 21.1. The summed E-state index contributed by atoms with van der Waals surface area (Å²) >= 11 is 0. The molecule has 2 N–H and O–H groups in total. The molecule has 2 bridgehead atoms. The number of nitrogens with zero attached hydrogens (tertiary/aromatic N) is 2. The number of likely N-dealkylation sites (tertiary alicyclic amines) is 1. The van der Waals surface area contributed by atoms with E-state index in [2.05, 4.69) is 39.9 Å². The third-order valence-corrected chi connectivity index (χ3v) is 6.52. The zero-order valence-electron chi connectivity index (χ0n) is 18.8. The largest absolute Gasteiger partial charge is 0.377 e. The van der Waals surface area contributed by atoms with E-state index < -0.39 is 0 Å². The minimum Gasteiger partial charge on any atom is -0.377 e. The molecule has 1 aromatic rings. The Morgan fingerprint density at radius 3 is 2.34 bits per heavy atom. The van der Waals surface area contributed by atoms with Crippen molar-refractivity contribution in [2.75, 3.05) is 26.2 Å². The lowest BCUT2D eigenvalue weighted by atomic mass is 9.85. The quantitative estimate of drug-likeness (QED) is 0.162. The van der Waals surface area contributed by atoms with E-state index in [1.165, 1.54) is 4.90 Å². The number of guanidine groups is 1. The van der Waals surface area contributed by atoms with Crippen LogP contribution in [0.5, 0.6) is 0 Å². The molecule has 0 radical (unpaired) electrons. The van der Waals surface area contributed by atoms with Crippen LogP contribution in [0.15, 0.2) is 41.4 Å². The Labute approximate surface area is 207 Å². The molecule has 0 aromatic heterocycles. The molecule has 32 heavy (non-hydrogen) atoms. The fourth-order valence-electron chi connectivity index (χ4n) is 5.04. The summed E-state index contributed by atoms with van der Waals surface area (Å²) < 4.78 is 5.55. The molecule has 4 rings (SSSR count). The Morgan fingerprint density at radius 1 is 1.06 bits per heavy atom. The number of ether oxygens (including phenoxy) is 1. The molecule has 1 aliphatic heterocycles. The van der Waals surface area contributed by atoms with E-state index in [0.29, 0.717) is 38.8 Å². The van der Waals surface area contributed by atoms with E-state index in [4.69, 9.17) is 4.74 Å². The molecule has 4 atom stereocenters. The molecular formula is C24H33IN4O3. The van der Waals surface area contributed by atoms with Gasteiger partial charge in [0.05, 0.1) is 25.0 Å². The summed E-state index contributed by atoms with van der Waals surface area (Å²) in [6.07, 6.45) is 5.21.